The van der Waals surface area contributed by atoms with E-state index in [1.54, 1.807) is 0 Å². The van der Waals surface area contributed by atoms with Gasteiger partial charge in [-0.2, -0.15) is 0 Å². The van der Waals surface area contributed by atoms with Crippen molar-refractivity contribution in [3.05, 3.63) is 59.7 Å². The van der Waals surface area contributed by atoms with E-state index in [0.29, 0.717) is 0 Å². The Balaban J connectivity index is 1.41. The number of carboxylic acids is 1. The SMILES string of the molecule is C#CCC(NC(=O)OCC1c2ccccc2-c2ccccc21)C(=O)N1CC(OC)C(C(=O)O)C1. The Morgan fingerprint density at radius 2 is 1.74 bits per heavy atom. The average Bonchev–Trinajstić information content (AvgIpc) is 3.42. The standard InChI is InChI=1S/C26H26N2O6/c1-3-8-22(24(29)28-13-20(25(30)31)23(14-28)33-2)27-26(32)34-15-21-18-11-6-4-9-16(18)17-10-5-7-12-19(17)21/h1,4-7,9-12,20-23H,8,13-15H2,2H3,(H,27,32)(H,30,31). The lowest BCUT2D eigenvalue weighted by molar-refractivity contribution is -0.144. The number of rotatable bonds is 7. The van der Waals surface area contributed by atoms with Crippen LogP contribution in [0.5, 0.6) is 0 Å². The molecule has 2 N–H and O–H groups in total. The van der Waals surface area contributed by atoms with Crippen LogP contribution in [0.2, 0.25) is 0 Å². The molecule has 8 heteroatoms. The number of alkyl carbamates (subject to hydrolysis) is 1. The number of methoxy groups -OCH3 is 1. The molecule has 4 rings (SSSR count). The fourth-order valence-electron chi connectivity index (χ4n) is 4.75. The molecule has 0 aromatic heterocycles. The van der Waals surface area contributed by atoms with Gasteiger partial charge in [-0.15, -0.1) is 12.3 Å². The normalized spacial score (nSPS) is 19.6. The number of carboxylic acid groups (broad SMARTS) is 1. The largest absolute Gasteiger partial charge is 0.481 e. The van der Waals surface area contributed by atoms with E-state index in [2.05, 4.69) is 11.2 Å². The first-order valence-corrected chi connectivity index (χ1v) is 11.0. The number of hydrogen-bond acceptors (Lipinski definition) is 5. The second-order valence-electron chi connectivity index (χ2n) is 8.39. The third kappa shape index (κ3) is 4.47. The summed E-state index contributed by atoms with van der Waals surface area (Å²) in [4.78, 5) is 38.4. The van der Waals surface area contributed by atoms with Crippen molar-refractivity contribution >= 4 is 18.0 Å². The number of nitrogens with zero attached hydrogens (tertiary/aromatic N) is 1. The number of hydrogen-bond donors (Lipinski definition) is 2. The molecule has 1 aliphatic heterocycles. The van der Waals surface area contributed by atoms with Gasteiger partial charge in [0.25, 0.3) is 0 Å². The van der Waals surface area contributed by atoms with E-state index in [4.69, 9.17) is 15.9 Å². The van der Waals surface area contributed by atoms with Crippen molar-refractivity contribution < 1.29 is 29.0 Å². The highest BCUT2D eigenvalue weighted by Crippen LogP contribution is 2.44. The van der Waals surface area contributed by atoms with Gasteiger partial charge in [-0.1, -0.05) is 48.5 Å². The van der Waals surface area contributed by atoms with Gasteiger partial charge in [0.15, 0.2) is 0 Å². The minimum atomic E-state index is -1.04. The van der Waals surface area contributed by atoms with Crippen molar-refractivity contribution in [3.8, 4) is 23.5 Å². The Labute approximate surface area is 197 Å². The van der Waals surface area contributed by atoms with Gasteiger partial charge in [0.1, 0.15) is 18.6 Å². The maximum atomic E-state index is 13.0. The zero-order valence-corrected chi connectivity index (χ0v) is 18.8. The van der Waals surface area contributed by atoms with Gasteiger partial charge >= 0.3 is 12.1 Å². The monoisotopic (exact) mass is 462 g/mol. The minimum Gasteiger partial charge on any atom is -0.481 e. The van der Waals surface area contributed by atoms with Gasteiger partial charge in [0.2, 0.25) is 5.91 Å². The smallest absolute Gasteiger partial charge is 0.407 e. The maximum Gasteiger partial charge on any atom is 0.407 e. The molecule has 34 heavy (non-hydrogen) atoms. The summed E-state index contributed by atoms with van der Waals surface area (Å²) in [5, 5.41) is 11.9. The van der Waals surface area contributed by atoms with E-state index in [1.807, 2.05) is 48.5 Å². The molecule has 1 fully saturated rings. The number of benzene rings is 2. The summed E-state index contributed by atoms with van der Waals surface area (Å²) in [6.45, 7) is 0.202. The van der Waals surface area contributed by atoms with E-state index in [0.717, 1.165) is 22.3 Å². The number of ether oxygens (including phenoxy) is 2. The Morgan fingerprint density at radius 3 is 2.26 bits per heavy atom. The van der Waals surface area contributed by atoms with Crippen LogP contribution < -0.4 is 5.32 Å². The van der Waals surface area contributed by atoms with Crippen LogP contribution in [0.1, 0.15) is 23.5 Å². The predicted molar refractivity (Wildman–Crippen MR) is 124 cm³/mol. The molecule has 2 aromatic rings. The summed E-state index contributed by atoms with van der Waals surface area (Å²) in [7, 11) is 1.41. The molecular weight excluding hydrogens is 436 g/mol. The summed E-state index contributed by atoms with van der Waals surface area (Å²) >= 11 is 0. The Kier molecular flexibility index (Phi) is 6.85. The molecule has 176 valence electrons. The molecule has 2 amide bonds. The van der Waals surface area contributed by atoms with Crippen LogP contribution >= 0.6 is 0 Å². The van der Waals surface area contributed by atoms with Gasteiger partial charge in [-0.05, 0) is 22.3 Å². The Hall–Kier alpha value is -3.83. The van der Waals surface area contributed by atoms with Gasteiger partial charge in [-0.25, -0.2) is 4.79 Å². The highest BCUT2D eigenvalue weighted by atomic mass is 16.5. The van der Waals surface area contributed by atoms with Crippen molar-refractivity contribution in [2.45, 2.75) is 24.5 Å². The molecule has 2 aliphatic rings. The molecule has 1 saturated heterocycles. The molecule has 0 bridgehead atoms. The molecular formula is C26H26N2O6. The molecule has 0 saturated carbocycles. The number of nitrogens with one attached hydrogen (secondary N) is 1. The van der Waals surface area contributed by atoms with E-state index in [1.165, 1.54) is 12.0 Å². The fraction of sp³-hybridized carbons (Fsp3) is 0.346. The number of carbonyl (C=O) groups excluding carboxylic acids is 2. The summed E-state index contributed by atoms with van der Waals surface area (Å²) < 4.78 is 10.7. The van der Waals surface area contributed by atoms with Gasteiger partial charge in [0.05, 0.1) is 6.10 Å². The number of amides is 2. The van der Waals surface area contributed by atoms with E-state index in [-0.39, 0.29) is 32.0 Å². The van der Waals surface area contributed by atoms with Crippen LogP contribution in [-0.2, 0) is 19.1 Å². The first kappa shape index (κ1) is 23.3. The van der Waals surface area contributed by atoms with Crippen molar-refractivity contribution in [1.82, 2.24) is 10.2 Å². The summed E-state index contributed by atoms with van der Waals surface area (Å²) in [6.07, 6.45) is 3.99. The van der Waals surface area contributed by atoms with Crippen LogP contribution in [0.25, 0.3) is 11.1 Å². The third-order valence-electron chi connectivity index (χ3n) is 6.45. The molecule has 1 heterocycles. The van der Waals surface area contributed by atoms with Gasteiger partial charge in [0, 0.05) is 32.5 Å². The second kappa shape index (κ2) is 9.98. The van der Waals surface area contributed by atoms with Crippen molar-refractivity contribution in [2.75, 3.05) is 26.8 Å². The number of fused-ring (bicyclic) bond motifs is 3. The molecule has 0 radical (unpaired) electrons. The summed E-state index contributed by atoms with van der Waals surface area (Å²) in [5.41, 5.74) is 4.38. The maximum absolute atomic E-state index is 13.0. The lowest BCUT2D eigenvalue weighted by Crippen LogP contribution is -2.48. The molecule has 3 unspecified atom stereocenters. The summed E-state index contributed by atoms with van der Waals surface area (Å²) in [6, 6.07) is 15.0. The van der Waals surface area contributed by atoms with Crippen LogP contribution in [0, 0.1) is 18.3 Å². The minimum absolute atomic E-state index is 0.0138. The van der Waals surface area contributed by atoms with E-state index < -0.39 is 36.0 Å². The topological polar surface area (TPSA) is 105 Å². The Bertz CT molecular complexity index is 1090. The molecule has 1 aliphatic carbocycles. The molecule has 8 nitrogen and oxygen atoms in total. The van der Waals surface area contributed by atoms with Crippen LogP contribution in [-0.4, -0.2) is 66.9 Å². The van der Waals surface area contributed by atoms with Gasteiger partial charge in [-0.3, -0.25) is 9.59 Å². The first-order chi connectivity index (χ1) is 16.4. The highest BCUT2D eigenvalue weighted by Gasteiger charge is 2.41. The zero-order valence-electron chi connectivity index (χ0n) is 18.8. The number of likely N-dealkylation sites (tertiary alicyclic amines) is 1. The zero-order chi connectivity index (χ0) is 24.2. The number of carbonyl (C=O) groups is 3. The van der Waals surface area contributed by atoms with Gasteiger partial charge < -0.3 is 24.8 Å². The highest BCUT2D eigenvalue weighted by molar-refractivity contribution is 5.87. The summed E-state index contributed by atoms with van der Waals surface area (Å²) in [5.74, 6) is -0.0595. The average molecular weight is 463 g/mol. The lowest BCUT2D eigenvalue weighted by atomic mass is 9.98. The fourth-order valence-corrected chi connectivity index (χ4v) is 4.75. The van der Waals surface area contributed by atoms with E-state index >= 15 is 0 Å². The van der Waals surface area contributed by atoms with Crippen molar-refractivity contribution in [3.63, 3.8) is 0 Å². The van der Waals surface area contributed by atoms with Crippen LogP contribution in [0.4, 0.5) is 4.79 Å². The van der Waals surface area contributed by atoms with Crippen LogP contribution in [0.15, 0.2) is 48.5 Å². The molecule has 2 aromatic carbocycles. The second-order valence-corrected chi connectivity index (χ2v) is 8.39. The lowest BCUT2D eigenvalue weighted by Gasteiger charge is -2.23. The quantitative estimate of drug-likeness (QED) is 0.613. The number of aliphatic carboxylic acids is 1. The van der Waals surface area contributed by atoms with E-state index in [9.17, 15) is 19.5 Å². The van der Waals surface area contributed by atoms with Crippen molar-refractivity contribution in [1.29, 1.82) is 0 Å². The van der Waals surface area contributed by atoms with Crippen molar-refractivity contribution in [2.24, 2.45) is 5.92 Å². The number of terminal acetylenes is 1. The first-order valence-electron chi connectivity index (χ1n) is 11.0. The molecule has 0 spiro atoms. The Morgan fingerprint density at radius 1 is 1.12 bits per heavy atom. The predicted octanol–water partition coefficient (Wildman–Crippen LogP) is 2.47. The third-order valence-corrected chi connectivity index (χ3v) is 6.45. The molecule has 3 atom stereocenters. The van der Waals surface area contributed by atoms with Crippen LogP contribution in [0.3, 0.4) is 0 Å².